The SMILES string of the molecule is Cc1ccc2[nH]c(C(=O)NC3(CN4CCCCC4)CC3)cc2c1. The third-order valence-corrected chi connectivity index (χ3v) is 5.23. The molecule has 1 aromatic carbocycles. The topological polar surface area (TPSA) is 48.1 Å². The van der Waals surface area contributed by atoms with Gasteiger partial charge in [0.1, 0.15) is 5.69 Å². The summed E-state index contributed by atoms with van der Waals surface area (Å²) in [7, 11) is 0. The van der Waals surface area contributed by atoms with Crippen LogP contribution in [0.15, 0.2) is 24.3 Å². The van der Waals surface area contributed by atoms with Crippen molar-refractivity contribution in [1.29, 1.82) is 0 Å². The smallest absolute Gasteiger partial charge is 0.268 e. The second-order valence-electron chi connectivity index (χ2n) is 7.34. The minimum absolute atomic E-state index is 0.0155. The van der Waals surface area contributed by atoms with Crippen LogP contribution in [0.2, 0.25) is 0 Å². The van der Waals surface area contributed by atoms with Gasteiger partial charge in [0.15, 0.2) is 0 Å². The fourth-order valence-corrected chi connectivity index (χ4v) is 3.70. The highest BCUT2D eigenvalue weighted by Gasteiger charge is 2.45. The molecule has 1 saturated heterocycles. The van der Waals surface area contributed by atoms with Crippen LogP contribution in [-0.2, 0) is 0 Å². The average molecular weight is 311 g/mol. The van der Waals surface area contributed by atoms with E-state index in [4.69, 9.17) is 0 Å². The molecule has 4 nitrogen and oxygen atoms in total. The lowest BCUT2D eigenvalue weighted by Gasteiger charge is -2.30. The molecular formula is C19H25N3O. The van der Waals surface area contributed by atoms with Gasteiger partial charge in [-0.05, 0) is 63.9 Å². The third-order valence-electron chi connectivity index (χ3n) is 5.23. The van der Waals surface area contributed by atoms with Crippen LogP contribution in [0.3, 0.4) is 0 Å². The normalized spacial score (nSPS) is 20.6. The Morgan fingerprint density at radius 2 is 2.00 bits per heavy atom. The molecule has 1 amide bonds. The lowest BCUT2D eigenvalue weighted by molar-refractivity contribution is 0.0907. The van der Waals surface area contributed by atoms with E-state index in [1.165, 1.54) is 37.9 Å². The largest absolute Gasteiger partial charge is 0.351 e. The fourth-order valence-electron chi connectivity index (χ4n) is 3.70. The zero-order valence-electron chi connectivity index (χ0n) is 13.8. The van der Waals surface area contributed by atoms with E-state index in [9.17, 15) is 4.79 Å². The number of hydrogen-bond acceptors (Lipinski definition) is 2. The molecule has 2 aliphatic rings. The first-order chi connectivity index (χ1) is 11.1. The first-order valence-electron chi connectivity index (χ1n) is 8.78. The number of piperidine rings is 1. The van der Waals surface area contributed by atoms with Gasteiger partial charge in [-0.25, -0.2) is 0 Å². The number of benzene rings is 1. The van der Waals surface area contributed by atoms with Crippen molar-refractivity contribution in [3.05, 3.63) is 35.5 Å². The Hall–Kier alpha value is -1.81. The van der Waals surface area contributed by atoms with E-state index in [2.05, 4.69) is 34.3 Å². The van der Waals surface area contributed by atoms with Gasteiger partial charge in [0.25, 0.3) is 5.91 Å². The maximum atomic E-state index is 12.6. The maximum absolute atomic E-state index is 12.6. The molecule has 2 fully saturated rings. The van der Waals surface area contributed by atoms with E-state index in [0.29, 0.717) is 5.69 Å². The van der Waals surface area contributed by atoms with E-state index in [1.807, 2.05) is 12.1 Å². The number of nitrogens with zero attached hydrogens (tertiary/aromatic N) is 1. The van der Waals surface area contributed by atoms with Crippen LogP contribution >= 0.6 is 0 Å². The summed E-state index contributed by atoms with van der Waals surface area (Å²) in [5.74, 6) is 0.0355. The van der Waals surface area contributed by atoms with Gasteiger partial charge in [-0.15, -0.1) is 0 Å². The molecule has 0 atom stereocenters. The van der Waals surface area contributed by atoms with Crippen LogP contribution in [0, 0.1) is 6.92 Å². The van der Waals surface area contributed by atoms with Crippen molar-refractivity contribution in [3.63, 3.8) is 0 Å². The number of aryl methyl sites for hydroxylation is 1. The fraction of sp³-hybridized carbons (Fsp3) is 0.526. The molecule has 1 aromatic heterocycles. The molecule has 4 rings (SSSR count). The van der Waals surface area contributed by atoms with Gasteiger partial charge in [-0.1, -0.05) is 18.1 Å². The number of rotatable bonds is 4. The molecule has 0 bridgehead atoms. The summed E-state index contributed by atoms with van der Waals surface area (Å²) in [5, 5.41) is 4.40. The molecule has 0 unspecified atom stereocenters. The van der Waals surface area contributed by atoms with E-state index >= 15 is 0 Å². The van der Waals surface area contributed by atoms with Crippen molar-refractivity contribution in [1.82, 2.24) is 15.2 Å². The van der Waals surface area contributed by atoms with E-state index in [1.54, 1.807) is 0 Å². The molecule has 2 aromatic rings. The number of amides is 1. The van der Waals surface area contributed by atoms with Crippen LogP contribution in [0.25, 0.3) is 10.9 Å². The molecule has 1 aliphatic carbocycles. The number of carbonyl (C=O) groups excluding carboxylic acids is 1. The van der Waals surface area contributed by atoms with Gasteiger partial charge in [-0.2, -0.15) is 0 Å². The van der Waals surface area contributed by atoms with Gasteiger partial charge in [0, 0.05) is 17.4 Å². The zero-order valence-corrected chi connectivity index (χ0v) is 13.8. The Morgan fingerprint density at radius 1 is 1.22 bits per heavy atom. The lowest BCUT2D eigenvalue weighted by Crippen LogP contribution is -2.47. The molecule has 1 saturated carbocycles. The van der Waals surface area contributed by atoms with Crippen molar-refractivity contribution in [2.45, 2.75) is 44.6 Å². The molecule has 4 heteroatoms. The highest BCUT2D eigenvalue weighted by atomic mass is 16.2. The summed E-state index contributed by atoms with van der Waals surface area (Å²) in [5.41, 5.74) is 2.94. The molecule has 0 spiro atoms. The molecule has 2 heterocycles. The van der Waals surface area contributed by atoms with Crippen molar-refractivity contribution < 1.29 is 4.79 Å². The van der Waals surface area contributed by atoms with Crippen LogP contribution in [0.4, 0.5) is 0 Å². The summed E-state index contributed by atoms with van der Waals surface area (Å²) in [6.07, 6.45) is 6.16. The number of nitrogens with one attached hydrogen (secondary N) is 2. The Labute approximate surface area is 137 Å². The van der Waals surface area contributed by atoms with E-state index < -0.39 is 0 Å². The Morgan fingerprint density at radius 3 is 2.74 bits per heavy atom. The van der Waals surface area contributed by atoms with Crippen molar-refractivity contribution in [3.8, 4) is 0 Å². The van der Waals surface area contributed by atoms with E-state index in [-0.39, 0.29) is 11.4 Å². The number of H-pyrrole nitrogens is 1. The van der Waals surface area contributed by atoms with Crippen molar-refractivity contribution in [2.24, 2.45) is 0 Å². The van der Waals surface area contributed by atoms with Crippen LogP contribution < -0.4 is 5.32 Å². The second-order valence-corrected chi connectivity index (χ2v) is 7.34. The summed E-state index contributed by atoms with van der Waals surface area (Å²) < 4.78 is 0. The first kappa shape index (κ1) is 14.8. The van der Waals surface area contributed by atoms with Crippen LogP contribution in [0.5, 0.6) is 0 Å². The van der Waals surface area contributed by atoms with Gasteiger partial charge >= 0.3 is 0 Å². The van der Waals surface area contributed by atoms with Gasteiger partial charge < -0.3 is 15.2 Å². The second kappa shape index (κ2) is 5.68. The zero-order chi connectivity index (χ0) is 15.9. The maximum Gasteiger partial charge on any atom is 0.268 e. The average Bonchev–Trinajstić information content (AvgIpc) is 3.15. The number of aromatic amines is 1. The Balaban J connectivity index is 1.45. The third kappa shape index (κ3) is 3.13. The summed E-state index contributed by atoms with van der Waals surface area (Å²) in [6.45, 7) is 5.45. The highest BCUT2D eigenvalue weighted by Crippen LogP contribution is 2.37. The van der Waals surface area contributed by atoms with Crippen LogP contribution in [-0.4, -0.2) is 41.0 Å². The molecule has 1 aliphatic heterocycles. The number of carbonyl (C=O) groups is 1. The number of likely N-dealkylation sites (tertiary alicyclic amines) is 1. The van der Waals surface area contributed by atoms with Crippen molar-refractivity contribution in [2.75, 3.05) is 19.6 Å². The van der Waals surface area contributed by atoms with Crippen LogP contribution in [0.1, 0.15) is 48.2 Å². The first-order valence-corrected chi connectivity index (χ1v) is 8.78. The predicted octanol–water partition coefficient (Wildman–Crippen LogP) is 3.22. The lowest BCUT2D eigenvalue weighted by atomic mass is 10.1. The molecule has 0 radical (unpaired) electrons. The molecular weight excluding hydrogens is 286 g/mol. The van der Waals surface area contributed by atoms with Gasteiger partial charge in [0.05, 0.1) is 5.54 Å². The quantitative estimate of drug-likeness (QED) is 0.911. The summed E-state index contributed by atoms with van der Waals surface area (Å²) >= 11 is 0. The number of aromatic nitrogens is 1. The Kier molecular flexibility index (Phi) is 3.64. The predicted molar refractivity (Wildman–Crippen MR) is 92.8 cm³/mol. The molecule has 122 valence electrons. The number of fused-ring (bicyclic) bond motifs is 1. The molecule has 2 N–H and O–H groups in total. The molecule has 23 heavy (non-hydrogen) atoms. The Bertz CT molecular complexity index is 723. The minimum atomic E-state index is 0.0155. The highest BCUT2D eigenvalue weighted by molar-refractivity contribution is 5.98. The van der Waals surface area contributed by atoms with Gasteiger partial charge in [0.2, 0.25) is 0 Å². The monoisotopic (exact) mass is 311 g/mol. The summed E-state index contributed by atoms with van der Waals surface area (Å²) in [4.78, 5) is 18.4. The van der Waals surface area contributed by atoms with E-state index in [0.717, 1.165) is 30.3 Å². The standard InChI is InChI=1S/C19H25N3O/c1-14-5-6-16-15(11-14)12-17(20-16)18(23)21-19(7-8-19)13-22-9-3-2-4-10-22/h5-6,11-12,20H,2-4,7-10,13H2,1H3,(H,21,23). The van der Waals surface area contributed by atoms with Crippen molar-refractivity contribution >= 4 is 16.8 Å². The van der Waals surface area contributed by atoms with Gasteiger partial charge in [-0.3, -0.25) is 4.79 Å². The number of hydrogen-bond donors (Lipinski definition) is 2. The summed E-state index contributed by atoms with van der Waals surface area (Å²) in [6, 6.07) is 8.19. The minimum Gasteiger partial charge on any atom is -0.351 e.